The first-order chi connectivity index (χ1) is 17.1. The van der Waals surface area contributed by atoms with Crippen molar-refractivity contribution in [2.75, 3.05) is 19.6 Å². The van der Waals surface area contributed by atoms with Crippen molar-refractivity contribution in [3.05, 3.63) is 106 Å². The Kier molecular flexibility index (Phi) is 7.28. The Morgan fingerprint density at radius 2 is 1.80 bits per heavy atom. The fraction of sp³-hybridized carbons (Fsp3) is 0.300. The van der Waals surface area contributed by atoms with E-state index >= 15 is 0 Å². The van der Waals surface area contributed by atoms with E-state index in [9.17, 15) is 9.90 Å². The zero-order valence-corrected chi connectivity index (χ0v) is 20.9. The van der Waals surface area contributed by atoms with Gasteiger partial charge in [0, 0.05) is 29.9 Å². The fourth-order valence-electron chi connectivity index (χ4n) is 5.40. The number of thiophene rings is 1. The molecule has 2 N–H and O–H groups in total. The highest BCUT2D eigenvalue weighted by molar-refractivity contribution is 7.13. The number of nitrogens with zero attached hydrogens (tertiary/aromatic N) is 1. The van der Waals surface area contributed by atoms with Crippen molar-refractivity contribution < 1.29 is 9.90 Å². The Hall–Kier alpha value is -2.99. The predicted molar refractivity (Wildman–Crippen MR) is 144 cm³/mol. The van der Waals surface area contributed by atoms with Crippen LogP contribution in [-0.2, 0) is 6.54 Å². The van der Waals surface area contributed by atoms with Gasteiger partial charge in [-0.1, -0.05) is 72.8 Å². The van der Waals surface area contributed by atoms with Crippen LogP contribution in [0.15, 0.2) is 84.9 Å². The minimum Gasteiger partial charge on any atom is -0.477 e. The topological polar surface area (TPSA) is 52.6 Å². The predicted octanol–water partition coefficient (Wildman–Crippen LogP) is 6.56. The molecule has 5 rings (SSSR count). The van der Waals surface area contributed by atoms with E-state index in [0.29, 0.717) is 16.7 Å². The van der Waals surface area contributed by atoms with Crippen LogP contribution in [0.2, 0.25) is 0 Å². The summed E-state index contributed by atoms with van der Waals surface area (Å²) in [5, 5.41) is 15.7. The van der Waals surface area contributed by atoms with Gasteiger partial charge in [-0.05, 0) is 66.4 Å². The number of piperidine rings is 1. The Morgan fingerprint density at radius 1 is 1.03 bits per heavy atom. The van der Waals surface area contributed by atoms with Crippen molar-refractivity contribution >= 4 is 28.1 Å². The van der Waals surface area contributed by atoms with Crippen LogP contribution in [0.5, 0.6) is 0 Å². The van der Waals surface area contributed by atoms with Gasteiger partial charge in [0.1, 0.15) is 4.88 Å². The van der Waals surface area contributed by atoms with Crippen molar-refractivity contribution in [1.29, 1.82) is 0 Å². The number of likely N-dealkylation sites (tertiary alicyclic amines) is 1. The summed E-state index contributed by atoms with van der Waals surface area (Å²) < 4.78 is 0. The number of benzene rings is 3. The Labute approximate surface area is 211 Å². The molecule has 1 aliphatic heterocycles. The van der Waals surface area contributed by atoms with Crippen LogP contribution in [0.3, 0.4) is 0 Å². The van der Waals surface area contributed by atoms with Crippen LogP contribution < -0.4 is 5.32 Å². The average Bonchev–Trinajstić information content (AvgIpc) is 3.37. The van der Waals surface area contributed by atoms with Gasteiger partial charge in [0.05, 0.1) is 0 Å². The van der Waals surface area contributed by atoms with Crippen LogP contribution in [-0.4, -0.2) is 35.6 Å². The van der Waals surface area contributed by atoms with Gasteiger partial charge in [-0.2, -0.15) is 0 Å². The Bertz CT molecular complexity index is 1280. The highest BCUT2D eigenvalue weighted by Gasteiger charge is 2.31. The number of carbonyl (C=O) groups is 1. The van der Waals surface area contributed by atoms with Gasteiger partial charge in [-0.25, -0.2) is 4.79 Å². The van der Waals surface area contributed by atoms with E-state index in [0.717, 1.165) is 37.5 Å². The maximum Gasteiger partial charge on any atom is 0.345 e. The van der Waals surface area contributed by atoms with Gasteiger partial charge in [0.25, 0.3) is 0 Å². The summed E-state index contributed by atoms with van der Waals surface area (Å²) in [7, 11) is 0. The second-order valence-corrected chi connectivity index (χ2v) is 10.7. The second-order valence-electron chi connectivity index (χ2n) is 9.57. The molecular weight excluding hydrogens is 452 g/mol. The van der Waals surface area contributed by atoms with Gasteiger partial charge in [-0.3, -0.25) is 4.90 Å². The van der Waals surface area contributed by atoms with Crippen molar-refractivity contribution in [3.8, 4) is 0 Å². The van der Waals surface area contributed by atoms with Crippen LogP contribution in [0, 0.1) is 5.92 Å². The molecule has 0 saturated carbocycles. The van der Waals surface area contributed by atoms with E-state index in [1.165, 1.54) is 33.2 Å². The molecule has 1 aliphatic rings. The lowest BCUT2D eigenvalue weighted by atomic mass is 9.80. The molecule has 0 aliphatic carbocycles. The lowest BCUT2D eigenvalue weighted by molar-refractivity contribution is 0.0702. The smallest absolute Gasteiger partial charge is 0.345 e. The summed E-state index contributed by atoms with van der Waals surface area (Å²) in [5.41, 5.74) is 2.74. The maximum absolute atomic E-state index is 11.3. The molecular formula is C30H32N2O2S. The summed E-state index contributed by atoms with van der Waals surface area (Å²) in [6, 6.07) is 30.0. The third-order valence-electron chi connectivity index (χ3n) is 7.30. The fourth-order valence-corrected chi connectivity index (χ4v) is 6.29. The first kappa shape index (κ1) is 23.7. The molecule has 0 amide bonds. The minimum absolute atomic E-state index is 0.274. The quantitative estimate of drug-likeness (QED) is 0.298. The summed E-state index contributed by atoms with van der Waals surface area (Å²) in [6.07, 6.45) is 1.12. The lowest BCUT2D eigenvalue weighted by Gasteiger charge is -2.39. The highest BCUT2D eigenvalue weighted by Crippen LogP contribution is 2.34. The van der Waals surface area contributed by atoms with Crippen LogP contribution in [0.4, 0.5) is 0 Å². The lowest BCUT2D eigenvalue weighted by Crippen LogP contribution is -2.42. The SMILES string of the molecule is C[C@@H](NCC1CCN(Cc2ccc(C(=O)O)s2)CC1c1ccccc1)c1cccc2ccccc12. The molecule has 35 heavy (non-hydrogen) atoms. The van der Waals surface area contributed by atoms with E-state index in [1.54, 1.807) is 6.07 Å². The molecule has 2 unspecified atom stereocenters. The third-order valence-corrected chi connectivity index (χ3v) is 8.35. The number of hydrogen-bond donors (Lipinski definition) is 2. The highest BCUT2D eigenvalue weighted by atomic mass is 32.1. The van der Waals surface area contributed by atoms with Gasteiger partial charge >= 0.3 is 5.97 Å². The largest absolute Gasteiger partial charge is 0.477 e. The van der Waals surface area contributed by atoms with E-state index in [-0.39, 0.29) is 6.04 Å². The number of carboxylic acid groups (broad SMARTS) is 1. The molecule has 0 spiro atoms. The molecule has 2 heterocycles. The van der Waals surface area contributed by atoms with E-state index in [2.05, 4.69) is 89.9 Å². The van der Waals surface area contributed by atoms with E-state index in [1.807, 2.05) is 6.07 Å². The minimum atomic E-state index is -0.839. The zero-order valence-electron chi connectivity index (χ0n) is 20.1. The van der Waals surface area contributed by atoms with Crippen molar-refractivity contribution in [1.82, 2.24) is 10.2 Å². The monoisotopic (exact) mass is 484 g/mol. The first-order valence-corrected chi connectivity index (χ1v) is 13.2. The standard InChI is InChI=1S/C30H32N2O2S/c1-21(26-13-7-11-22-10-5-6-12-27(22)26)31-18-24-16-17-32(19-25-14-15-29(35-25)30(33)34)20-28(24)23-8-3-2-4-9-23/h2-15,21,24,28,31H,16-20H2,1H3,(H,33,34)/t21-,24?,28?/m1/s1. The van der Waals surface area contributed by atoms with E-state index in [4.69, 9.17) is 0 Å². The van der Waals surface area contributed by atoms with Gasteiger partial charge in [0.15, 0.2) is 0 Å². The number of rotatable bonds is 8. The Balaban J connectivity index is 1.29. The third kappa shape index (κ3) is 5.48. The molecule has 1 aromatic heterocycles. The first-order valence-electron chi connectivity index (χ1n) is 12.4. The van der Waals surface area contributed by atoms with Crippen LogP contribution >= 0.6 is 11.3 Å². The van der Waals surface area contributed by atoms with Crippen LogP contribution in [0.1, 0.15) is 51.0 Å². The van der Waals surface area contributed by atoms with Gasteiger partial charge in [0.2, 0.25) is 0 Å². The summed E-state index contributed by atoms with van der Waals surface area (Å²) in [5.74, 6) is 0.147. The average molecular weight is 485 g/mol. The Morgan fingerprint density at radius 3 is 2.60 bits per heavy atom. The summed E-state index contributed by atoms with van der Waals surface area (Å²) in [4.78, 5) is 15.3. The van der Waals surface area contributed by atoms with Crippen molar-refractivity contribution in [2.45, 2.75) is 31.8 Å². The second kappa shape index (κ2) is 10.7. The van der Waals surface area contributed by atoms with Gasteiger partial charge in [-0.15, -0.1) is 11.3 Å². The number of carboxylic acids is 1. The molecule has 4 aromatic rings. The molecule has 1 fully saturated rings. The summed E-state index contributed by atoms with van der Waals surface area (Å²) in [6.45, 7) is 6.07. The number of hydrogen-bond acceptors (Lipinski definition) is 4. The number of fused-ring (bicyclic) bond motifs is 1. The van der Waals surface area contributed by atoms with E-state index < -0.39 is 5.97 Å². The number of nitrogens with one attached hydrogen (secondary N) is 1. The maximum atomic E-state index is 11.3. The van der Waals surface area contributed by atoms with Crippen molar-refractivity contribution in [2.24, 2.45) is 5.92 Å². The molecule has 3 atom stereocenters. The molecule has 180 valence electrons. The molecule has 3 aromatic carbocycles. The molecule has 4 nitrogen and oxygen atoms in total. The van der Waals surface area contributed by atoms with Gasteiger partial charge < -0.3 is 10.4 Å². The summed E-state index contributed by atoms with van der Waals surface area (Å²) >= 11 is 1.39. The van der Waals surface area contributed by atoms with Crippen LogP contribution in [0.25, 0.3) is 10.8 Å². The molecule has 1 saturated heterocycles. The number of aromatic carboxylic acids is 1. The normalized spacial score (nSPS) is 19.6. The van der Waals surface area contributed by atoms with Crippen molar-refractivity contribution in [3.63, 3.8) is 0 Å². The zero-order chi connectivity index (χ0) is 24.2. The molecule has 5 heteroatoms. The molecule has 0 bridgehead atoms. The molecule has 0 radical (unpaired) electrons.